The van der Waals surface area contributed by atoms with E-state index in [0.717, 1.165) is 0 Å². The van der Waals surface area contributed by atoms with Crippen molar-refractivity contribution in [3.05, 3.63) is 5.53 Å². The number of hydrogen-bond donors (Lipinski definition) is 0. The molecule has 0 heterocycles. The van der Waals surface area contributed by atoms with E-state index < -0.39 is 5.97 Å². The van der Waals surface area contributed by atoms with Crippen LogP contribution in [0.3, 0.4) is 0 Å². The maximum atomic E-state index is 10.3. The molecule has 0 aliphatic heterocycles. The summed E-state index contributed by atoms with van der Waals surface area (Å²) in [4.78, 5) is 12.8. The molecular formula is C6H6N2O2. The maximum absolute atomic E-state index is 10.3. The molecular weight excluding hydrogens is 132 g/mol. The summed E-state index contributed by atoms with van der Waals surface area (Å²) in [7, 11) is 0. The summed E-state index contributed by atoms with van der Waals surface area (Å²) < 4.78 is 4.40. The summed E-state index contributed by atoms with van der Waals surface area (Å²) >= 11 is 0. The molecule has 0 rings (SSSR count). The molecule has 0 spiro atoms. The summed E-state index contributed by atoms with van der Waals surface area (Å²) in [5.41, 5.74) is 7.83. The smallest absolute Gasteiger partial charge is 0.414 e. The predicted octanol–water partition coefficient (Wildman–Crippen LogP) is -0.147. The normalized spacial score (nSPS) is 6.50. The SMILES string of the molecule is CC#CCOC(=O)C=[N+]=[N-]. The highest BCUT2D eigenvalue weighted by Gasteiger charge is 1.99. The van der Waals surface area contributed by atoms with Crippen LogP contribution in [0.5, 0.6) is 0 Å². The van der Waals surface area contributed by atoms with Gasteiger partial charge in [-0.3, -0.25) is 0 Å². The second kappa shape index (κ2) is 5.54. The fourth-order valence-corrected chi connectivity index (χ4v) is 0.264. The van der Waals surface area contributed by atoms with Crippen LogP contribution < -0.4 is 0 Å². The molecule has 4 heteroatoms. The maximum Gasteiger partial charge on any atom is 0.414 e. The van der Waals surface area contributed by atoms with Crippen LogP contribution in [0, 0.1) is 11.8 Å². The van der Waals surface area contributed by atoms with Crippen LogP contribution in [0.25, 0.3) is 5.53 Å². The molecule has 10 heavy (non-hydrogen) atoms. The minimum absolute atomic E-state index is 0.0291. The van der Waals surface area contributed by atoms with Gasteiger partial charge in [0.15, 0.2) is 6.61 Å². The van der Waals surface area contributed by atoms with Crippen LogP contribution >= 0.6 is 0 Å². The van der Waals surface area contributed by atoms with Gasteiger partial charge in [0.1, 0.15) is 0 Å². The second-order valence-corrected chi connectivity index (χ2v) is 1.28. The van der Waals surface area contributed by atoms with Crippen LogP contribution in [0.4, 0.5) is 0 Å². The Kier molecular flexibility index (Phi) is 4.66. The van der Waals surface area contributed by atoms with Gasteiger partial charge >= 0.3 is 12.2 Å². The molecule has 0 N–H and O–H groups in total. The zero-order chi connectivity index (χ0) is 7.82. The summed E-state index contributed by atoms with van der Waals surface area (Å²) in [6.07, 6.45) is 0.664. The number of ether oxygens (including phenoxy) is 1. The zero-order valence-electron chi connectivity index (χ0n) is 5.50. The van der Waals surface area contributed by atoms with Crippen molar-refractivity contribution in [3.63, 3.8) is 0 Å². The largest absolute Gasteiger partial charge is 0.444 e. The van der Waals surface area contributed by atoms with Crippen LogP contribution in [0.2, 0.25) is 0 Å². The van der Waals surface area contributed by atoms with Gasteiger partial charge in [-0.2, -0.15) is 4.79 Å². The highest BCUT2D eigenvalue weighted by Crippen LogP contribution is 1.70. The third kappa shape index (κ3) is 4.57. The molecule has 0 aromatic heterocycles. The Bertz CT molecular complexity index is 218. The first kappa shape index (κ1) is 8.41. The number of hydrogen-bond acceptors (Lipinski definition) is 2. The summed E-state index contributed by atoms with van der Waals surface area (Å²) in [5, 5.41) is 0. The average Bonchev–Trinajstić information content (AvgIpc) is 1.89. The van der Waals surface area contributed by atoms with Crippen LogP contribution in [0.15, 0.2) is 0 Å². The summed E-state index contributed by atoms with van der Waals surface area (Å²) in [6.45, 7) is 1.66. The van der Waals surface area contributed by atoms with E-state index in [1.807, 2.05) is 0 Å². The number of carbonyl (C=O) groups excluding carboxylic acids is 1. The Morgan fingerprint density at radius 3 is 3.10 bits per heavy atom. The molecule has 0 atom stereocenters. The van der Waals surface area contributed by atoms with Crippen molar-refractivity contribution >= 4 is 12.2 Å². The standard InChI is InChI=1S/C6H6N2O2/c1-2-3-4-10-6(9)5-8-7/h5H,4H2,1H3. The highest BCUT2D eigenvalue weighted by molar-refractivity contribution is 6.20. The summed E-state index contributed by atoms with van der Waals surface area (Å²) in [5.74, 6) is 4.33. The first-order valence-corrected chi connectivity index (χ1v) is 2.55. The zero-order valence-corrected chi connectivity index (χ0v) is 5.50. The molecule has 52 valence electrons. The predicted molar refractivity (Wildman–Crippen MR) is 34.1 cm³/mol. The molecule has 0 saturated heterocycles. The average molecular weight is 138 g/mol. The van der Waals surface area contributed by atoms with Crippen LogP contribution in [0.1, 0.15) is 6.92 Å². The van der Waals surface area contributed by atoms with Gasteiger partial charge in [-0.25, -0.2) is 4.79 Å². The summed E-state index contributed by atoms with van der Waals surface area (Å²) in [6, 6.07) is 0. The number of carbonyl (C=O) groups is 1. The van der Waals surface area contributed by atoms with E-state index in [-0.39, 0.29) is 6.61 Å². The number of nitrogens with zero attached hydrogens (tertiary/aromatic N) is 2. The lowest BCUT2D eigenvalue weighted by Gasteiger charge is -1.87. The topological polar surface area (TPSA) is 62.7 Å². The minimum atomic E-state index is -0.703. The van der Waals surface area contributed by atoms with Gasteiger partial charge < -0.3 is 10.3 Å². The lowest BCUT2D eigenvalue weighted by atomic mass is 10.6. The third-order valence-corrected chi connectivity index (χ3v) is 0.627. The van der Waals surface area contributed by atoms with E-state index in [2.05, 4.69) is 21.4 Å². The molecule has 0 aliphatic carbocycles. The van der Waals surface area contributed by atoms with Gasteiger partial charge in [0.05, 0.1) is 0 Å². The Morgan fingerprint density at radius 2 is 2.60 bits per heavy atom. The Labute approximate surface area is 58.4 Å². The van der Waals surface area contributed by atoms with Crippen molar-refractivity contribution in [1.82, 2.24) is 0 Å². The van der Waals surface area contributed by atoms with Crippen molar-refractivity contribution in [2.75, 3.05) is 6.61 Å². The molecule has 0 amide bonds. The monoisotopic (exact) mass is 138 g/mol. The van der Waals surface area contributed by atoms with Gasteiger partial charge in [0.2, 0.25) is 0 Å². The molecule has 0 saturated carbocycles. The fourth-order valence-electron chi connectivity index (χ4n) is 0.264. The highest BCUT2D eigenvalue weighted by atomic mass is 16.5. The molecule has 0 bridgehead atoms. The van der Waals surface area contributed by atoms with Crippen molar-refractivity contribution in [3.8, 4) is 11.8 Å². The second-order valence-electron chi connectivity index (χ2n) is 1.28. The molecule has 0 aromatic rings. The van der Waals surface area contributed by atoms with Crippen molar-refractivity contribution in [1.29, 1.82) is 0 Å². The quantitative estimate of drug-likeness (QED) is 0.175. The Balaban J connectivity index is 3.56. The van der Waals surface area contributed by atoms with Crippen LogP contribution in [-0.4, -0.2) is 23.6 Å². The van der Waals surface area contributed by atoms with Crippen molar-refractivity contribution in [2.45, 2.75) is 6.92 Å². The molecule has 0 radical (unpaired) electrons. The van der Waals surface area contributed by atoms with Gasteiger partial charge in [-0.15, -0.1) is 5.92 Å². The molecule has 0 fully saturated rings. The van der Waals surface area contributed by atoms with Gasteiger partial charge in [0, 0.05) is 0 Å². The van der Waals surface area contributed by atoms with Crippen molar-refractivity contribution < 1.29 is 14.3 Å². The third-order valence-electron chi connectivity index (χ3n) is 0.627. The molecule has 4 nitrogen and oxygen atoms in total. The van der Waals surface area contributed by atoms with Gasteiger partial charge in [-0.05, 0) is 6.92 Å². The first-order valence-electron chi connectivity index (χ1n) is 2.55. The van der Waals surface area contributed by atoms with E-state index in [4.69, 9.17) is 5.53 Å². The van der Waals surface area contributed by atoms with Crippen LogP contribution in [-0.2, 0) is 9.53 Å². The Morgan fingerprint density at radius 1 is 1.90 bits per heavy atom. The molecule has 0 aromatic carbocycles. The van der Waals surface area contributed by atoms with E-state index in [1.54, 1.807) is 6.92 Å². The fraction of sp³-hybridized carbons (Fsp3) is 0.333. The van der Waals surface area contributed by atoms with Gasteiger partial charge in [-0.1, -0.05) is 5.92 Å². The van der Waals surface area contributed by atoms with Crippen molar-refractivity contribution in [2.24, 2.45) is 0 Å². The van der Waals surface area contributed by atoms with E-state index in [0.29, 0.717) is 6.21 Å². The number of esters is 1. The first-order chi connectivity index (χ1) is 4.81. The molecule has 0 unspecified atom stereocenters. The van der Waals surface area contributed by atoms with E-state index >= 15 is 0 Å². The lowest BCUT2D eigenvalue weighted by Crippen LogP contribution is -2.05. The molecule has 0 aliphatic rings. The Hall–Kier alpha value is -1.59. The van der Waals surface area contributed by atoms with E-state index in [9.17, 15) is 4.79 Å². The van der Waals surface area contributed by atoms with Gasteiger partial charge in [0.25, 0.3) is 0 Å². The minimum Gasteiger partial charge on any atom is -0.444 e. The van der Waals surface area contributed by atoms with E-state index in [1.165, 1.54) is 0 Å². The lowest BCUT2D eigenvalue weighted by molar-refractivity contribution is -0.137. The number of rotatable bonds is 2.